The van der Waals surface area contributed by atoms with E-state index in [0.717, 1.165) is 22.3 Å². The van der Waals surface area contributed by atoms with Crippen LogP contribution in [0.4, 0.5) is 0 Å². The summed E-state index contributed by atoms with van der Waals surface area (Å²) in [4.78, 5) is 31.9. The quantitative estimate of drug-likeness (QED) is 0.247. The van der Waals surface area contributed by atoms with Gasteiger partial charge in [-0.2, -0.15) is 0 Å². The monoisotopic (exact) mass is 592 g/mol. The third-order valence-corrected chi connectivity index (χ3v) is 8.20. The fourth-order valence-corrected chi connectivity index (χ4v) is 5.83. The first-order chi connectivity index (χ1) is 19.2. The Kier molecular flexibility index (Phi) is 8.26. The van der Waals surface area contributed by atoms with E-state index >= 15 is 0 Å². The molecular weight excluding hydrogens is 567 g/mol. The lowest BCUT2D eigenvalue weighted by Gasteiger charge is -2.24. The number of halogens is 2. The van der Waals surface area contributed by atoms with Crippen molar-refractivity contribution >= 4 is 46.6 Å². The molecule has 6 nitrogen and oxygen atoms in total. The molecule has 0 fully saturated rings. The minimum absolute atomic E-state index is 0.219. The normalized spacial score (nSPS) is 15.0. The highest BCUT2D eigenvalue weighted by Gasteiger charge is 2.33. The van der Waals surface area contributed by atoms with Crippen molar-refractivity contribution in [3.8, 4) is 5.75 Å². The Bertz CT molecular complexity index is 1790. The molecule has 0 saturated carbocycles. The average Bonchev–Trinajstić information content (AvgIpc) is 3.24. The van der Waals surface area contributed by atoms with Gasteiger partial charge in [-0.25, -0.2) is 9.79 Å². The number of thiazole rings is 1. The zero-order chi connectivity index (χ0) is 28.4. The molecule has 0 radical (unpaired) electrons. The number of carbonyl (C=O) groups is 1. The minimum Gasteiger partial charge on any atom is -0.489 e. The standard InChI is InChI=1S/C31H26Cl2N2O4S/c1-4-38-30(37)27-19(3)34-31-35(28(27)22-10-5-18(2)6-11-22)29(36)26(40-31)16-20-7-12-23(13-8-20)39-17-21-9-14-24(32)25(33)15-21/h5-16,28H,4,17H2,1-3H3/b26-16+/t28-/m0/s1. The number of nitrogens with zero attached hydrogens (tertiary/aromatic N) is 2. The van der Waals surface area contributed by atoms with Crippen molar-refractivity contribution in [1.29, 1.82) is 0 Å². The van der Waals surface area contributed by atoms with Crippen LogP contribution in [0.3, 0.4) is 0 Å². The van der Waals surface area contributed by atoms with Gasteiger partial charge in [-0.3, -0.25) is 9.36 Å². The minimum atomic E-state index is -0.629. The van der Waals surface area contributed by atoms with Crippen LogP contribution in [-0.2, 0) is 16.1 Å². The Labute approximate surface area is 245 Å². The lowest BCUT2D eigenvalue weighted by atomic mass is 9.95. The first kappa shape index (κ1) is 27.9. The van der Waals surface area contributed by atoms with Crippen LogP contribution in [0.15, 0.2) is 87.8 Å². The highest BCUT2D eigenvalue weighted by Crippen LogP contribution is 2.31. The van der Waals surface area contributed by atoms with Crippen molar-refractivity contribution in [3.05, 3.63) is 130 Å². The smallest absolute Gasteiger partial charge is 0.338 e. The molecule has 0 spiro atoms. The summed E-state index contributed by atoms with van der Waals surface area (Å²) in [5.74, 6) is 0.207. The molecule has 2 heterocycles. The highest BCUT2D eigenvalue weighted by atomic mass is 35.5. The van der Waals surface area contributed by atoms with Gasteiger partial charge in [-0.05, 0) is 67.8 Å². The molecule has 0 bridgehead atoms. The number of benzene rings is 3. The van der Waals surface area contributed by atoms with E-state index in [4.69, 9.17) is 32.7 Å². The molecule has 1 atom stereocenters. The van der Waals surface area contributed by atoms with Crippen LogP contribution in [0.1, 0.15) is 42.1 Å². The number of hydrogen-bond acceptors (Lipinski definition) is 6. The largest absolute Gasteiger partial charge is 0.489 e. The maximum absolute atomic E-state index is 13.7. The van der Waals surface area contributed by atoms with Gasteiger partial charge in [0.25, 0.3) is 5.56 Å². The van der Waals surface area contributed by atoms with Gasteiger partial charge in [-0.1, -0.05) is 82.6 Å². The second kappa shape index (κ2) is 11.8. The van der Waals surface area contributed by atoms with Gasteiger partial charge in [-0.15, -0.1) is 0 Å². The van der Waals surface area contributed by atoms with Gasteiger partial charge < -0.3 is 9.47 Å². The van der Waals surface area contributed by atoms with Crippen molar-refractivity contribution in [1.82, 2.24) is 4.57 Å². The Balaban J connectivity index is 1.47. The molecule has 4 aromatic rings. The summed E-state index contributed by atoms with van der Waals surface area (Å²) in [6.07, 6.45) is 1.82. The van der Waals surface area contributed by atoms with Gasteiger partial charge in [0, 0.05) is 0 Å². The van der Waals surface area contributed by atoms with Crippen molar-refractivity contribution in [2.45, 2.75) is 33.4 Å². The van der Waals surface area contributed by atoms with Crippen LogP contribution in [0.25, 0.3) is 6.08 Å². The summed E-state index contributed by atoms with van der Waals surface area (Å²) in [5.41, 5.74) is 4.33. The van der Waals surface area contributed by atoms with Crippen molar-refractivity contribution in [2.75, 3.05) is 6.61 Å². The van der Waals surface area contributed by atoms with E-state index in [1.54, 1.807) is 30.5 Å². The molecule has 40 heavy (non-hydrogen) atoms. The zero-order valence-corrected chi connectivity index (χ0v) is 24.4. The third kappa shape index (κ3) is 5.77. The fourth-order valence-electron chi connectivity index (χ4n) is 4.46. The van der Waals surface area contributed by atoms with E-state index in [9.17, 15) is 9.59 Å². The molecule has 0 unspecified atom stereocenters. The summed E-state index contributed by atoms with van der Waals surface area (Å²) in [6.45, 7) is 6.10. The molecule has 3 aromatic carbocycles. The predicted octanol–water partition coefficient (Wildman–Crippen LogP) is 5.99. The molecule has 1 aliphatic heterocycles. The van der Waals surface area contributed by atoms with Crippen LogP contribution in [0, 0.1) is 6.92 Å². The Morgan fingerprint density at radius 1 is 1.02 bits per heavy atom. The van der Waals surface area contributed by atoms with Crippen molar-refractivity contribution in [3.63, 3.8) is 0 Å². The number of aromatic nitrogens is 1. The predicted molar refractivity (Wildman–Crippen MR) is 159 cm³/mol. The number of esters is 1. The lowest BCUT2D eigenvalue weighted by molar-refractivity contribution is -0.139. The molecule has 204 valence electrons. The summed E-state index contributed by atoms with van der Waals surface area (Å²) >= 11 is 13.4. The van der Waals surface area contributed by atoms with Crippen LogP contribution in [-0.4, -0.2) is 17.1 Å². The summed E-state index contributed by atoms with van der Waals surface area (Å²) in [6, 6.07) is 20.0. The van der Waals surface area contributed by atoms with Crippen LogP contribution in [0.2, 0.25) is 10.0 Å². The number of carbonyl (C=O) groups excluding carboxylic acids is 1. The third-order valence-electron chi connectivity index (χ3n) is 6.48. The molecule has 0 saturated heterocycles. The first-order valence-electron chi connectivity index (χ1n) is 12.7. The summed E-state index contributed by atoms with van der Waals surface area (Å²) < 4.78 is 13.3. The van der Waals surface area contributed by atoms with Crippen LogP contribution in [0.5, 0.6) is 5.75 Å². The number of fused-ring (bicyclic) bond motifs is 1. The number of ether oxygens (including phenoxy) is 2. The zero-order valence-electron chi connectivity index (χ0n) is 22.1. The van der Waals surface area contributed by atoms with E-state index in [2.05, 4.69) is 4.99 Å². The second-order valence-electron chi connectivity index (χ2n) is 9.32. The van der Waals surface area contributed by atoms with Gasteiger partial charge in [0.1, 0.15) is 12.4 Å². The second-order valence-corrected chi connectivity index (χ2v) is 11.1. The number of rotatable bonds is 7. The molecule has 0 N–H and O–H groups in total. The van der Waals surface area contributed by atoms with Gasteiger partial charge in [0.2, 0.25) is 0 Å². The molecule has 1 aromatic heterocycles. The number of hydrogen-bond donors (Lipinski definition) is 0. The Morgan fingerprint density at radius 3 is 2.42 bits per heavy atom. The fraction of sp³-hybridized carbons (Fsp3) is 0.194. The molecular formula is C31H26Cl2N2O4S. The topological polar surface area (TPSA) is 69.9 Å². The maximum atomic E-state index is 13.7. The SMILES string of the molecule is CCOC(=O)C1=C(C)N=c2s/c(=C/c3ccc(OCc4ccc(Cl)c(Cl)c4)cc3)c(=O)n2[C@H]1c1ccc(C)cc1. The van der Waals surface area contributed by atoms with Crippen molar-refractivity contribution in [2.24, 2.45) is 4.99 Å². The van der Waals surface area contributed by atoms with Crippen molar-refractivity contribution < 1.29 is 14.3 Å². The highest BCUT2D eigenvalue weighted by molar-refractivity contribution is 7.07. The van der Waals surface area contributed by atoms with E-state index < -0.39 is 12.0 Å². The molecule has 9 heteroatoms. The average molecular weight is 594 g/mol. The van der Waals surface area contributed by atoms with Gasteiger partial charge in [0.05, 0.1) is 38.5 Å². The van der Waals surface area contributed by atoms with E-state index in [0.29, 0.717) is 43.0 Å². The first-order valence-corrected chi connectivity index (χ1v) is 14.3. The Hall–Kier alpha value is -3.65. The van der Waals surface area contributed by atoms with Crippen LogP contribution < -0.4 is 19.6 Å². The molecule has 0 amide bonds. The van der Waals surface area contributed by atoms with Crippen LogP contribution >= 0.6 is 34.5 Å². The number of allylic oxidation sites excluding steroid dienone is 1. The van der Waals surface area contributed by atoms with Gasteiger partial charge in [0.15, 0.2) is 4.80 Å². The van der Waals surface area contributed by atoms with E-state index in [1.807, 2.05) is 67.6 Å². The Morgan fingerprint density at radius 2 is 1.75 bits per heavy atom. The maximum Gasteiger partial charge on any atom is 0.338 e. The molecule has 1 aliphatic rings. The van der Waals surface area contributed by atoms with E-state index in [-0.39, 0.29) is 12.2 Å². The molecule has 5 rings (SSSR count). The summed E-state index contributed by atoms with van der Waals surface area (Å²) in [7, 11) is 0. The van der Waals surface area contributed by atoms with Gasteiger partial charge >= 0.3 is 5.97 Å². The van der Waals surface area contributed by atoms with E-state index in [1.165, 1.54) is 11.3 Å². The molecule has 0 aliphatic carbocycles. The lowest BCUT2D eigenvalue weighted by Crippen LogP contribution is -2.39. The summed E-state index contributed by atoms with van der Waals surface area (Å²) in [5, 5.41) is 0.978. The number of aryl methyl sites for hydroxylation is 1.